The zero-order valence-corrected chi connectivity index (χ0v) is 8.94. The van der Waals surface area contributed by atoms with Gasteiger partial charge in [-0.25, -0.2) is 4.79 Å². The highest BCUT2D eigenvalue weighted by Crippen LogP contribution is 2.09. The largest absolute Gasteiger partial charge is 0.481 e. The molecule has 0 aromatic carbocycles. The van der Waals surface area contributed by atoms with Crippen molar-refractivity contribution in [3.05, 3.63) is 0 Å². The van der Waals surface area contributed by atoms with Gasteiger partial charge < -0.3 is 15.2 Å². The number of hydrogen-bond donors (Lipinski definition) is 2. The third-order valence-corrected chi connectivity index (χ3v) is 1.34. The molecule has 15 heavy (non-hydrogen) atoms. The van der Waals surface area contributed by atoms with Crippen molar-refractivity contribution in [1.82, 2.24) is 5.32 Å². The molecular formula is C9H15NO5. The smallest absolute Gasteiger partial charge is 0.329 e. The normalized spacial score (nSPS) is 12.7. The van der Waals surface area contributed by atoms with Gasteiger partial charge in [0.25, 0.3) is 0 Å². The van der Waals surface area contributed by atoms with E-state index in [0.29, 0.717) is 0 Å². The van der Waals surface area contributed by atoms with Crippen LogP contribution in [0.1, 0.15) is 27.2 Å². The Kier molecular flexibility index (Phi) is 4.77. The van der Waals surface area contributed by atoms with E-state index in [1.165, 1.54) is 0 Å². The monoisotopic (exact) mass is 217 g/mol. The van der Waals surface area contributed by atoms with Crippen molar-refractivity contribution in [3.63, 3.8) is 0 Å². The Bertz CT molecular complexity index is 256. The van der Waals surface area contributed by atoms with E-state index < -0.39 is 30.0 Å². The lowest BCUT2D eigenvalue weighted by Gasteiger charge is -2.22. The molecular weight excluding hydrogens is 202 g/mol. The highest BCUT2D eigenvalue weighted by atomic mass is 16.6. The Morgan fingerprint density at radius 3 is 2.33 bits per heavy atom. The third kappa shape index (κ3) is 6.48. The number of nitrogens with one attached hydrogen (secondary N) is 1. The van der Waals surface area contributed by atoms with Crippen molar-refractivity contribution in [2.75, 3.05) is 0 Å². The number of carbonyl (C=O) groups is 3. The summed E-state index contributed by atoms with van der Waals surface area (Å²) in [5.41, 5.74) is -0.710. The van der Waals surface area contributed by atoms with Crippen LogP contribution < -0.4 is 5.32 Å². The number of amides is 1. The molecule has 0 rings (SSSR count). The summed E-state index contributed by atoms with van der Waals surface area (Å²) < 4.78 is 4.93. The van der Waals surface area contributed by atoms with Crippen LogP contribution in [0.15, 0.2) is 0 Å². The van der Waals surface area contributed by atoms with Crippen molar-refractivity contribution < 1.29 is 24.2 Å². The van der Waals surface area contributed by atoms with Gasteiger partial charge in [-0.05, 0) is 20.8 Å². The fraction of sp³-hybridized carbons (Fsp3) is 0.667. The average Bonchev–Trinajstić information content (AvgIpc) is 1.99. The summed E-state index contributed by atoms with van der Waals surface area (Å²) >= 11 is 0. The molecule has 0 spiro atoms. The van der Waals surface area contributed by atoms with Gasteiger partial charge in [0, 0.05) is 0 Å². The summed E-state index contributed by atoms with van der Waals surface area (Å²) in [7, 11) is 0. The van der Waals surface area contributed by atoms with Crippen molar-refractivity contribution in [3.8, 4) is 0 Å². The minimum atomic E-state index is -1.18. The zero-order valence-electron chi connectivity index (χ0n) is 8.94. The molecule has 0 radical (unpaired) electrons. The summed E-state index contributed by atoms with van der Waals surface area (Å²) in [6.45, 7) is 4.97. The third-order valence-electron chi connectivity index (χ3n) is 1.34. The summed E-state index contributed by atoms with van der Waals surface area (Å²) in [4.78, 5) is 31.9. The lowest BCUT2D eigenvalue weighted by molar-refractivity contribution is -0.160. The number of carboxylic acids is 1. The maximum absolute atomic E-state index is 11.4. The second kappa shape index (κ2) is 5.33. The van der Waals surface area contributed by atoms with Crippen LogP contribution in [-0.4, -0.2) is 35.1 Å². The van der Waals surface area contributed by atoms with E-state index in [0.717, 1.165) is 0 Å². The molecule has 0 aromatic rings. The molecule has 0 aliphatic heterocycles. The molecule has 1 atom stereocenters. The van der Waals surface area contributed by atoms with Gasteiger partial charge in [0.15, 0.2) is 0 Å². The van der Waals surface area contributed by atoms with Crippen molar-refractivity contribution in [2.45, 2.75) is 38.8 Å². The maximum atomic E-state index is 11.4. The molecule has 0 unspecified atom stereocenters. The molecule has 0 saturated heterocycles. The average molecular weight is 217 g/mol. The number of rotatable bonds is 5. The van der Waals surface area contributed by atoms with Gasteiger partial charge in [0.1, 0.15) is 11.6 Å². The predicted molar refractivity (Wildman–Crippen MR) is 51.1 cm³/mol. The molecule has 1 amide bonds. The molecule has 6 heteroatoms. The van der Waals surface area contributed by atoms with Gasteiger partial charge >= 0.3 is 11.9 Å². The standard InChI is InChI=1S/C9H15NO5/c1-9(2,3)15-8(14)6(10-5-11)4-7(12)13/h5-6H,4H2,1-3H3,(H,10,11)(H,12,13)/t6-/m0/s1. The van der Waals surface area contributed by atoms with Crippen LogP contribution in [0.2, 0.25) is 0 Å². The van der Waals surface area contributed by atoms with Gasteiger partial charge in [-0.15, -0.1) is 0 Å². The fourth-order valence-corrected chi connectivity index (χ4v) is 0.840. The van der Waals surface area contributed by atoms with E-state index in [-0.39, 0.29) is 6.41 Å². The van der Waals surface area contributed by atoms with E-state index in [1.807, 2.05) is 0 Å². The summed E-state index contributed by atoms with van der Waals surface area (Å²) in [6, 6.07) is -1.14. The van der Waals surface area contributed by atoms with Gasteiger partial charge in [-0.3, -0.25) is 9.59 Å². The van der Waals surface area contributed by atoms with Crippen LogP contribution in [0, 0.1) is 0 Å². The Labute approximate surface area is 87.6 Å². The first-order valence-corrected chi connectivity index (χ1v) is 4.40. The second-order valence-corrected chi connectivity index (χ2v) is 3.97. The molecule has 0 aliphatic carbocycles. The highest BCUT2D eigenvalue weighted by molar-refractivity contribution is 5.83. The Balaban J connectivity index is 4.41. The summed E-state index contributed by atoms with van der Waals surface area (Å²) in [6.07, 6.45) is -0.217. The number of carboxylic acid groups (broad SMARTS) is 1. The molecule has 0 saturated carbocycles. The predicted octanol–water partition coefficient (Wildman–Crippen LogP) is -0.0826. The van der Waals surface area contributed by atoms with Crippen LogP contribution in [0.25, 0.3) is 0 Å². The number of aliphatic carboxylic acids is 1. The number of hydrogen-bond acceptors (Lipinski definition) is 4. The SMILES string of the molecule is CC(C)(C)OC(=O)[C@H](CC(=O)O)NC=O. The first-order chi connectivity index (χ1) is 6.76. The number of ether oxygens (including phenoxy) is 1. The zero-order chi connectivity index (χ0) is 12.1. The molecule has 86 valence electrons. The van der Waals surface area contributed by atoms with Crippen LogP contribution in [0.4, 0.5) is 0 Å². The Morgan fingerprint density at radius 1 is 1.47 bits per heavy atom. The Morgan fingerprint density at radius 2 is 2.00 bits per heavy atom. The summed E-state index contributed by atoms with van der Waals surface area (Å²) in [5.74, 6) is -1.93. The topological polar surface area (TPSA) is 92.7 Å². The fourth-order valence-electron chi connectivity index (χ4n) is 0.840. The van der Waals surface area contributed by atoms with E-state index in [4.69, 9.17) is 9.84 Å². The van der Waals surface area contributed by atoms with Gasteiger partial charge in [0.2, 0.25) is 6.41 Å². The van der Waals surface area contributed by atoms with Crippen LogP contribution in [0.5, 0.6) is 0 Å². The minimum Gasteiger partial charge on any atom is -0.481 e. The quantitative estimate of drug-likeness (QED) is 0.496. The molecule has 0 aliphatic rings. The van der Waals surface area contributed by atoms with Gasteiger partial charge in [0.05, 0.1) is 6.42 Å². The highest BCUT2D eigenvalue weighted by Gasteiger charge is 2.26. The minimum absolute atomic E-state index is 0.275. The molecule has 0 bridgehead atoms. The lowest BCUT2D eigenvalue weighted by atomic mass is 10.1. The van der Waals surface area contributed by atoms with E-state index in [9.17, 15) is 14.4 Å². The molecule has 0 heterocycles. The second-order valence-electron chi connectivity index (χ2n) is 3.97. The van der Waals surface area contributed by atoms with Crippen molar-refractivity contribution >= 4 is 18.3 Å². The lowest BCUT2D eigenvalue weighted by Crippen LogP contribution is -2.42. The van der Waals surface area contributed by atoms with E-state index in [1.54, 1.807) is 20.8 Å². The molecule has 0 aromatic heterocycles. The van der Waals surface area contributed by atoms with E-state index in [2.05, 4.69) is 5.32 Å². The van der Waals surface area contributed by atoms with Gasteiger partial charge in [-0.1, -0.05) is 0 Å². The Hall–Kier alpha value is -1.59. The van der Waals surface area contributed by atoms with E-state index >= 15 is 0 Å². The van der Waals surface area contributed by atoms with Gasteiger partial charge in [-0.2, -0.15) is 0 Å². The number of esters is 1. The molecule has 6 nitrogen and oxygen atoms in total. The number of carbonyl (C=O) groups excluding carboxylic acids is 2. The van der Waals surface area contributed by atoms with Crippen molar-refractivity contribution in [2.24, 2.45) is 0 Å². The van der Waals surface area contributed by atoms with Crippen LogP contribution in [-0.2, 0) is 19.1 Å². The summed E-state index contributed by atoms with van der Waals surface area (Å²) in [5, 5.41) is 10.6. The first kappa shape index (κ1) is 13.4. The molecule has 0 fully saturated rings. The maximum Gasteiger partial charge on any atom is 0.329 e. The van der Waals surface area contributed by atoms with Crippen LogP contribution in [0.3, 0.4) is 0 Å². The van der Waals surface area contributed by atoms with Crippen LogP contribution >= 0.6 is 0 Å². The first-order valence-electron chi connectivity index (χ1n) is 4.40. The van der Waals surface area contributed by atoms with Crippen molar-refractivity contribution in [1.29, 1.82) is 0 Å². The molecule has 2 N–H and O–H groups in total.